The molecule has 2 fully saturated rings. The third-order valence-corrected chi connectivity index (χ3v) is 5.57. The van der Waals surface area contributed by atoms with Crippen molar-refractivity contribution in [2.24, 2.45) is 23.2 Å². The first-order valence-electron chi connectivity index (χ1n) is 8.59. The highest BCUT2D eigenvalue weighted by atomic mass is 16.5. The van der Waals surface area contributed by atoms with Gasteiger partial charge in [-0.2, -0.15) is 5.26 Å². The third kappa shape index (κ3) is 4.44. The standard InChI is InChI=1S/C18H32N2O/c1-18(2,3)16-8-7-15(11-19)17(10-16)20(4)12-14-6-5-9-21-13-14/h14-17H,5-10,12-13H2,1-4H3. The summed E-state index contributed by atoms with van der Waals surface area (Å²) in [4.78, 5) is 2.46. The monoisotopic (exact) mass is 292 g/mol. The lowest BCUT2D eigenvalue weighted by molar-refractivity contribution is 0.0183. The molecule has 4 unspecified atom stereocenters. The number of ether oxygens (including phenoxy) is 1. The number of hydrogen-bond acceptors (Lipinski definition) is 3. The Bertz CT molecular complexity index is 362. The first-order valence-corrected chi connectivity index (χ1v) is 8.59. The van der Waals surface area contributed by atoms with Crippen molar-refractivity contribution in [2.45, 2.75) is 58.9 Å². The van der Waals surface area contributed by atoms with Crippen LogP contribution in [0.2, 0.25) is 0 Å². The van der Waals surface area contributed by atoms with Crippen LogP contribution in [-0.2, 0) is 4.74 Å². The van der Waals surface area contributed by atoms with Gasteiger partial charge in [0.1, 0.15) is 0 Å². The van der Waals surface area contributed by atoms with Crippen molar-refractivity contribution in [3.05, 3.63) is 0 Å². The SMILES string of the molecule is CN(CC1CCCOC1)C1CC(C(C)(C)C)CCC1C#N. The molecule has 4 atom stereocenters. The van der Waals surface area contributed by atoms with Gasteiger partial charge < -0.3 is 9.64 Å². The maximum atomic E-state index is 9.50. The molecule has 0 amide bonds. The highest BCUT2D eigenvalue weighted by molar-refractivity contribution is 4.99. The second kappa shape index (κ2) is 7.11. The highest BCUT2D eigenvalue weighted by Gasteiger charge is 2.38. The number of nitriles is 1. The van der Waals surface area contributed by atoms with Crippen molar-refractivity contribution in [1.29, 1.82) is 5.26 Å². The molecule has 1 saturated heterocycles. The van der Waals surface area contributed by atoms with E-state index in [1.807, 2.05) is 0 Å². The Morgan fingerprint density at radius 3 is 2.57 bits per heavy atom. The summed E-state index contributed by atoms with van der Waals surface area (Å²) >= 11 is 0. The van der Waals surface area contributed by atoms with Gasteiger partial charge in [-0.25, -0.2) is 0 Å². The van der Waals surface area contributed by atoms with Gasteiger partial charge in [-0.05, 0) is 56.4 Å². The van der Waals surface area contributed by atoms with Crippen LogP contribution in [0.4, 0.5) is 0 Å². The Morgan fingerprint density at radius 1 is 1.24 bits per heavy atom. The molecule has 1 saturated carbocycles. The summed E-state index contributed by atoms with van der Waals surface area (Å²) < 4.78 is 5.61. The molecule has 0 bridgehead atoms. The Balaban J connectivity index is 1.97. The van der Waals surface area contributed by atoms with Gasteiger partial charge in [-0.1, -0.05) is 20.8 Å². The van der Waals surface area contributed by atoms with Crippen LogP contribution in [0.15, 0.2) is 0 Å². The van der Waals surface area contributed by atoms with E-state index in [-0.39, 0.29) is 5.92 Å². The smallest absolute Gasteiger partial charge is 0.0672 e. The lowest BCUT2D eigenvalue weighted by atomic mass is 9.68. The van der Waals surface area contributed by atoms with Crippen LogP contribution in [0, 0.1) is 34.5 Å². The Kier molecular flexibility index (Phi) is 5.68. The van der Waals surface area contributed by atoms with Crippen molar-refractivity contribution in [1.82, 2.24) is 4.90 Å². The molecule has 3 heteroatoms. The largest absolute Gasteiger partial charge is 0.381 e. The molecule has 0 N–H and O–H groups in total. The van der Waals surface area contributed by atoms with Gasteiger partial charge in [0.15, 0.2) is 0 Å². The zero-order valence-corrected chi connectivity index (χ0v) is 14.3. The first-order chi connectivity index (χ1) is 9.91. The van der Waals surface area contributed by atoms with E-state index in [4.69, 9.17) is 4.74 Å². The fourth-order valence-electron chi connectivity index (χ4n) is 4.07. The molecule has 1 heterocycles. The molecule has 0 radical (unpaired) electrons. The fourth-order valence-corrected chi connectivity index (χ4v) is 4.07. The fraction of sp³-hybridized carbons (Fsp3) is 0.944. The predicted molar refractivity (Wildman–Crippen MR) is 85.9 cm³/mol. The summed E-state index contributed by atoms with van der Waals surface area (Å²) in [5, 5.41) is 9.50. The second-order valence-electron chi connectivity index (χ2n) is 8.20. The Hall–Kier alpha value is -0.590. The van der Waals surface area contributed by atoms with Crippen LogP contribution in [0.5, 0.6) is 0 Å². The van der Waals surface area contributed by atoms with Crippen LogP contribution in [-0.4, -0.2) is 37.7 Å². The highest BCUT2D eigenvalue weighted by Crippen LogP contribution is 2.41. The molecule has 21 heavy (non-hydrogen) atoms. The lowest BCUT2D eigenvalue weighted by Gasteiger charge is -2.44. The second-order valence-corrected chi connectivity index (χ2v) is 8.20. The molecule has 1 aliphatic heterocycles. The summed E-state index contributed by atoms with van der Waals surface area (Å²) in [6, 6.07) is 3.00. The van der Waals surface area contributed by atoms with Gasteiger partial charge in [0.25, 0.3) is 0 Å². The summed E-state index contributed by atoms with van der Waals surface area (Å²) in [5.74, 6) is 1.59. The maximum absolute atomic E-state index is 9.50. The van der Waals surface area contributed by atoms with Crippen LogP contribution in [0.3, 0.4) is 0 Å². The van der Waals surface area contributed by atoms with Gasteiger partial charge in [0, 0.05) is 19.2 Å². The quantitative estimate of drug-likeness (QED) is 0.796. The molecule has 120 valence electrons. The molecule has 0 aromatic rings. The van der Waals surface area contributed by atoms with E-state index >= 15 is 0 Å². The average Bonchev–Trinajstić information content (AvgIpc) is 2.46. The van der Waals surface area contributed by atoms with Gasteiger partial charge in [-0.15, -0.1) is 0 Å². The van der Waals surface area contributed by atoms with Gasteiger partial charge in [0.2, 0.25) is 0 Å². The molecule has 3 nitrogen and oxygen atoms in total. The van der Waals surface area contributed by atoms with Gasteiger partial charge in [-0.3, -0.25) is 0 Å². The molecular formula is C18H32N2O. The van der Waals surface area contributed by atoms with E-state index < -0.39 is 0 Å². The van der Waals surface area contributed by atoms with Crippen LogP contribution in [0.25, 0.3) is 0 Å². The van der Waals surface area contributed by atoms with Crippen LogP contribution < -0.4 is 0 Å². The zero-order chi connectivity index (χ0) is 15.5. The molecule has 0 spiro atoms. The summed E-state index contributed by atoms with van der Waals surface area (Å²) in [6.07, 6.45) is 5.91. The molecule has 2 rings (SSSR count). The van der Waals surface area contributed by atoms with Gasteiger partial charge >= 0.3 is 0 Å². The molecule has 0 aromatic carbocycles. The van der Waals surface area contributed by atoms with Crippen molar-refractivity contribution in [3.63, 3.8) is 0 Å². The molecular weight excluding hydrogens is 260 g/mol. The summed E-state index contributed by atoms with van der Waals surface area (Å²) in [5.41, 5.74) is 0.355. The normalized spacial score (nSPS) is 34.7. The van der Waals surface area contributed by atoms with E-state index in [0.717, 1.165) is 32.1 Å². The predicted octanol–water partition coefficient (Wildman–Crippen LogP) is 3.70. The minimum absolute atomic E-state index is 0.207. The van der Waals surface area contributed by atoms with E-state index in [2.05, 4.69) is 38.8 Å². The van der Waals surface area contributed by atoms with Gasteiger partial charge in [0.05, 0.1) is 18.6 Å². The minimum Gasteiger partial charge on any atom is -0.381 e. The maximum Gasteiger partial charge on any atom is 0.0672 e. The van der Waals surface area contributed by atoms with Crippen molar-refractivity contribution < 1.29 is 4.74 Å². The number of rotatable bonds is 3. The molecule has 2 aliphatic rings. The lowest BCUT2D eigenvalue weighted by Crippen LogP contribution is -2.46. The Morgan fingerprint density at radius 2 is 2.00 bits per heavy atom. The van der Waals surface area contributed by atoms with E-state index in [0.29, 0.717) is 17.4 Å². The van der Waals surface area contributed by atoms with E-state index in [1.165, 1.54) is 25.7 Å². The van der Waals surface area contributed by atoms with Crippen LogP contribution in [0.1, 0.15) is 52.9 Å². The topological polar surface area (TPSA) is 36.3 Å². The van der Waals surface area contributed by atoms with Crippen molar-refractivity contribution >= 4 is 0 Å². The Labute approximate surface area is 130 Å². The van der Waals surface area contributed by atoms with E-state index in [1.54, 1.807) is 0 Å². The number of nitrogens with zero attached hydrogens (tertiary/aromatic N) is 2. The van der Waals surface area contributed by atoms with Crippen LogP contribution >= 0.6 is 0 Å². The van der Waals surface area contributed by atoms with E-state index in [9.17, 15) is 5.26 Å². The minimum atomic E-state index is 0.207. The molecule has 0 aromatic heterocycles. The zero-order valence-electron chi connectivity index (χ0n) is 14.3. The first kappa shape index (κ1) is 16.8. The summed E-state index contributed by atoms with van der Waals surface area (Å²) in [6.45, 7) is 9.94. The van der Waals surface area contributed by atoms with Crippen molar-refractivity contribution in [2.75, 3.05) is 26.8 Å². The van der Waals surface area contributed by atoms with Crippen molar-refractivity contribution in [3.8, 4) is 6.07 Å². The average molecular weight is 292 g/mol. The number of hydrogen-bond donors (Lipinski definition) is 0. The summed E-state index contributed by atoms with van der Waals surface area (Å²) in [7, 11) is 2.22. The third-order valence-electron chi connectivity index (χ3n) is 5.57. The molecule has 1 aliphatic carbocycles.